The van der Waals surface area contributed by atoms with Crippen LogP contribution in [0, 0.1) is 0 Å². The van der Waals surface area contributed by atoms with Crippen molar-refractivity contribution in [2.24, 2.45) is 5.73 Å². The summed E-state index contributed by atoms with van der Waals surface area (Å²) in [4.78, 5) is 17.9. The van der Waals surface area contributed by atoms with Crippen LogP contribution in [0.1, 0.15) is 6.42 Å². The first-order valence-electron chi connectivity index (χ1n) is 4.33. The van der Waals surface area contributed by atoms with Crippen LogP contribution >= 0.6 is 11.8 Å². The molecule has 0 aromatic carbocycles. The number of aromatic amines is 1. The smallest absolute Gasteiger partial charge is 0.234 e. The molecule has 1 atom stereocenters. The second-order valence-electron chi connectivity index (χ2n) is 2.78. The molecule has 1 heterocycles. The predicted octanol–water partition coefficient (Wildman–Crippen LogP) is -0.0348. The van der Waals surface area contributed by atoms with Gasteiger partial charge in [-0.25, -0.2) is 4.98 Å². The van der Waals surface area contributed by atoms with Crippen molar-refractivity contribution < 1.29 is 4.79 Å². The number of hydrogen-bond acceptors (Lipinski definition) is 4. The zero-order chi connectivity index (χ0) is 10.4. The van der Waals surface area contributed by atoms with Gasteiger partial charge in [-0.2, -0.15) is 0 Å². The van der Waals surface area contributed by atoms with Crippen molar-refractivity contribution >= 4 is 17.7 Å². The van der Waals surface area contributed by atoms with Crippen LogP contribution in [0.5, 0.6) is 0 Å². The summed E-state index contributed by atoms with van der Waals surface area (Å²) in [6.45, 7) is 0. The molecular weight excluding hydrogens is 200 g/mol. The number of amides is 1. The number of nitrogens with one attached hydrogen (secondary N) is 2. The Morgan fingerprint density at radius 1 is 1.86 bits per heavy atom. The molecule has 0 saturated carbocycles. The number of carbonyl (C=O) groups is 1. The molecule has 78 valence electrons. The maximum atomic E-state index is 10.8. The van der Waals surface area contributed by atoms with Gasteiger partial charge < -0.3 is 16.0 Å². The predicted molar refractivity (Wildman–Crippen MR) is 56.0 cm³/mol. The lowest BCUT2D eigenvalue weighted by Gasteiger charge is -2.10. The molecule has 1 aromatic heterocycles. The number of primary amides is 1. The molecule has 5 nitrogen and oxygen atoms in total. The van der Waals surface area contributed by atoms with Crippen LogP contribution in [0.4, 0.5) is 0 Å². The summed E-state index contributed by atoms with van der Waals surface area (Å²) >= 11 is 1.57. The summed E-state index contributed by atoms with van der Waals surface area (Å²) in [5, 5.41) is 3.73. The van der Waals surface area contributed by atoms with Crippen molar-refractivity contribution in [3.8, 4) is 0 Å². The minimum atomic E-state index is -0.312. The van der Waals surface area contributed by atoms with E-state index in [4.69, 9.17) is 5.73 Å². The third-order valence-electron chi connectivity index (χ3n) is 1.81. The Labute approximate surface area is 86.9 Å². The Morgan fingerprint density at radius 2 is 2.64 bits per heavy atom. The van der Waals surface area contributed by atoms with Crippen LogP contribution in [0.25, 0.3) is 0 Å². The van der Waals surface area contributed by atoms with Crippen LogP contribution in [0.3, 0.4) is 0 Å². The highest BCUT2D eigenvalue weighted by Crippen LogP contribution is 2.13. The number of imidazole rings is 1. The maximum Gasteiger partial charge on any atom is 0.234 e. The molecule has 0 saturated heterocycles. The van der Waals surface area contributed by atoms with Crippen LogP contribution in [-0.4, -0.2) is 34.7 Å². The highest BCUT2D eigenvalue weighted by atomic mass is 32.2. The second kappa shape index (κ2) is 5.66. The standard InChI is InChI=1S/C8H14N4OS/c1-10-6(7(9)13)2-5-14-8-11-3-4-12-8/h3-4,6,10H,2,5H2,1H3,(H2,9,13)(H,11,12). The summed E-state index contributed by atoms with van der Waals surface area (Å²) in [6.07, 6.45) is 4.18. The number of hydrogen-bond donors (Lipinski definition) is 3. The van der Waals surface area contributed by atoms with Gasteiger partial charge in [-0.3, -0.25) is 4.79 Å². The van der Waals surface area contributed by atoms with Gasteiger partial charge in [0.05, 0.1) is 6.04 Å². The van der Waals surface area contributed by atoms with Gasteiger partial charge in [0.1, 0.15) is 0 Å². The van der Waals surface area contributed by atoms with E-state index in [1.807, 2.05) is 0 Å². The van der Waals surface area contributed by atoms with E-state index in [9.17, 15) is 4.79 Å². The van der Waals surface area contributed by atoms with Gasteiger partial charge in [0.15, 0.2) is 5.16 Å². The molecule has 1 unspecified atom stereocenters. The Bertz CT molecular complexity index is 275. The zero-order valence-electron chi connectivity index (χ0n) is 7.99. The summed E-state index contributed by atoms with van der Waals surface area (Å²) in [7, 11) is 1.73. The molecule has 0 radical (unpaired) electrons. The molecular formula is C8H14N4OS. The SMILES string of the molecule is CNC(CCSc1ncc[nH]1)C(N)=O. The Morgan fingerprint density at radius 3 is 3.14 bits per heavy atom. The number of thioether (sulfide) groups is 1. The van der Waals surface area contributed by atoms with Crippen molar-refractivity contribution in [1.29, 1.82) is 0 Å². The first-order chi connectivity index (χ1) is 6.74. The first kappa shape index (κ1) is 11.1. The van der Waals surface area contributed by atoms with Crippen molar-refractivity contribution in [3.05, 3.63) is 12.4 Å². The van der Waals surface area contributed by atoms with Crippen LogP contribution in [0.15, 0.2) is 17.6 Å². The van der Waals surface area contributed by atoms with Gasteiger partial charge in [0.2, 0.25) is 5.91 Å². The van der Waals surface area contributed by atoms with Gasteiger partial charge in [-0.15, -0.1) is 0 Å². The summed E-state index contributed by atoms with van der Waals surface area (Å²) in [5.41, 5.74) is 5.17. The third-order valence-corrected chi connectivity index (χ3v) is 2.75. The lowest BCUT2D eigenvalue weighted by Crippen LogP contribution is -2.39. The topological polar surface area (TPSA) is 83.8 Å². The van der Waals surface area contributed by atoms with E-state index in [0.717, 1.165) is 10.9 Å². The zero-order valence-corrected chi connectivity index (χ0v) is 8.80. The van der Waals surface area contributed by atoms with E-state index in [-0.39, 0.29) is 11.9 Å². The van der Waals surface area contributed by atoms with Gasteiger partial charge >= 0.3 is 0 Å². The highest BCUT2D eigenvalue weighted by molar-refractivity contribution is 7.99. The molecule has 1 amide bonds. The summed E-state index contributed by atoms with van der Waals surface area (Å²) < 4.78 is 0. The Hall–Kier alpha value is -1.01. The second-order valence-corrected chi connectivity index (χ2v) is 3.86. The van der Waals surface area contributed by atoms with Crippen molar-refractivity contribution in [2.75, 3.05) is 12.8 Å². The number of H-pyrrole nitrogens is 1. The first-order valence-corrected chi connectivity index (χ1v) is 5.31. The maximum absolute atomic E-state index is 10.8. The molecule has 0 spiro atoms. The van der Waals surface area contributed by atoms with E-state index < -0.39 is 0 Å². The minimum Gasteiger partial charge on any atom is -0.368 e. The molecule has 0 fully saturated rings. The largest absolute Gasteiger partial charge is 0.368 e. The molecule has 14 heavy (non-hydrogen) atoms. The molecule has 4 N–H and O–H groups in total. The van der Waals surface area contributed by atoms with Crippen molar-refractivity contribution in [1.82, 2.24) is 15.3 Å². The van der Waals surface area contributed by atoms with E-state index >= 15 is 0 Å². The van der Waals surface area contributed by atoms with Crippen molar-refractivity contribution in [3.63, 3.8) is 0 Å². The molecule has 1 aromatic rings. The van der Waals surface area contributed by atoms with Gasteiger partial charge in [-0.05, 0) is 13.5 Å². The molecule has 1 rings (SSSR count). The quantitative estimate of drug-likeness (QED) is 0.580. The monoisotopic (exact) mass is 214 g/mol. The minimum absolute atomic E-state index is 0.252. The van der Waals surface area contributed by atoms with Crippen molar-refractivity contribution in [2.45, 2.75) is 17.6 Å². The average molecular weight is 214 g/mol. The Kier molecular flexibility index (Phi) is 4.48. The molecule has 0 aliphatic carbocycles. The van der Waals surface area contributed by atoms with Gasteiger partial charge in [0.25, 0.3) is 0 Å². The summed E-state index contributed by atoms with van der Waals surface area (Å²) in [6, 6.07) is -0.252. The fraction of sp³-hybridized carbons (Fsp3) is 0.500. The normalized spacial score (nSPS) is 12.6. The molecule has 0 bridgehead atoms. The Balaban J connectivity index is 2.23. The number of nitrogens with zero attached hydrogens (tertiary/aromatic N) is 1. The van der Waals surface area contributed by atoms with Crippen LogP contribution in [0.2, 0.25) is 0 Å². The number of aromatic nitrogens is 2. The lowest BCUT2D eigenvalue weighted by atomic mass is 10.2. The number of likely N-dealkylation sites (N-methyl/N-ethyl adjacent to an activating group) is 1. The average Bonchev–Trinajstić information content (AvgIpc) is 2.64. The van der Waals surface area contributed by atoms with E-state index in [2.05, 4.69) is 15.3 Å². The van der Waals surface area contributed by atoms with E-state index in [1.54, 1.807) is 31.2 Å². The van der Waals surface area contributed by atoms with Crippen LogP contribution < -0.4 is 11.1 Å². The lowest BCUT2D eigenvalue weighted by molar-refractivity contribution is -0.119. The summed E-state index contributed by atoms with van der Waals surface area (Å²) in [5.74, 6) is 0.495. The highest BCUT2D eigenvalue weighted by Gasteiger charge is 2.11. The number of carbonyl (C=O) groups excluding carboxylic acids is 1. The van der Waals surface area contributed by atoms with E-state index in [0.29, 0.717) is 6.42 Å². The molecule has 0 aliphatic heterocycles. The van der Waals surface area contributed by atoms with E-state index in [1.165, 1.54) is 0 Å². The van der Waals surface area contributed by atoms with Gasteiger partial charge in [-0.1, -0.05) is 11.8 Å². The van der Waals surface area contributed by atoms with Gasteiger partial charge in [0, 0.05) is 18.1 Å². The fourth-order valence-corrected chi connectivity index (χ4v) is 1.87. The van der Waals surface area contributed by atoms with Crippen LogP contribution in [-0.2, 0) is 4.79 Å². The molecule has 0 aliphatic rings. The molecule has 6 heteroatoms. The number of nitrogens with two attached hydrogens (primary N) is 1. The third kappa shape index (κ3) is 3.39. The number of rotatable bonds is 6. The fourth-order valence-electron chi connectivity index (χ4n) is 1.03.